The molecule has 0 aromatic carbocycles. The molecule has 0 aliphatic carbocycles. The smallest absolute Gasteiger partial charge is 0.329 e. The second kappa shape index (κ2) is 7.11. The molecule has 2 amide bonds. The minimum Gasteiger partial charge on any atom is -0.480 e. The Hall–Kier alpha value is -1.30. The lowest BCUT2D eigenvalue weighted by atomic mass is 9.97. The van der Waals surface area contributed by atoms with Gasteiger partial charge in [0.2, 0.25) is 0 Å². The normalized spacial score (nSPS) is 15.8. The molecule has 3 N–H and O–H groups in total. The van der Waals surface area contributed by atoms with Gasteiger partial charge in [-0.25, -0.2) is 9.59 Å². The van der Waals surface area contributed by atoms with Crippen LogP contribution in [0.5, 0.6) is 0 Å². The molecule has 0 radical (unpaired) electrons. The molecule has 100 valence electrons. The lowest BCUT2D eigenvalue weighted by Gasteiger charge is -2.26. The van der Waals surface area contributed by atoms with Crippen LogP contribution in [0.4, 0.5) is 4.79 Å². The van der Waals surface area contributed by atoms with Gasteiger partial charge in [0.15, 0.2) is 0 Å². The summed E-state index contributed by atoms with van der Waals surface area (Å²) in [7, 11) is 1.54. The zero-order valence-electron chi connectivity index (χ0n) is 10.9. The number of amides is 2. The fraction of sp³-hybridized carbons (Fsp3) is 0.818. The molecule has 0 aromatic heterocycles. The zero-order valence-corrected chi connectivity index (χ0v) is 10.9. The molecule has 0 aliphatic rings. The quantitative estimate of drug-likeness (QED) is 0.624. The summed E-state index contributed by atoms with van der Waals surface area (Å²) in [5.41, 5.74) is -1.23. The zero-order chi connectivity index (χ0) is 13.5. The van der Waals surface area contributed by atoms with E-state index < -0.39 is 17.5 Å². The number of carbonyl (C=O) groups excluding carboxylic acids is 1. The average Bonchev–Trinajstić information content (AvgIpc) is 2.17. The van der Waals surface area contributed by atoms with E-state index in [0.29, 0.717) is 19.4 Å². The van der Waals surface area contributed by atoms with E-state index in [1.807, 2.05) is 6.92 Å². The van der Waals surface area contributed by atoms with Gasteiger partial charge in [0.25, 0.3) is 0 Å². The van der Waals surface area contributed by atoms with E-state index in [0.717, 1.165) is 0 Å². The SMILES string of the molecule is CCCC(C)(NC(=O)NC(C)COC)C(=O)O. The Labute approximate surface area is 102 Å². The molecule has 0 spiro atoms. The number of hydrogen-bond acceptors (Lipinski definition) is 3. The maximum Gasteiger partial charge on any atom is 0.329 e. The Morgan fingerprint density at radius 3 is 2.47 bits per heavy atom. The van der Waals surface area contributed by atoms with Gasteiger partial charge < -0.3 is 20.5 Å². The highest BCUT2D eigenvalue weighted by Gasteiger charge is 2.33. The van der Waals surface area contributed by atoms with Crippen molar-refractivity contribution in [3.8, 4) is 0 Å². The van der Waals surface area contributed by atoms with E-state index in [-0.39, 0.29) is 6.04 Å². The number of carbonyl (C=O) groups is 2. The van der Waals surface area contributed by atoms with Crippen LogP contribution in [0.3, 0.4) is 0 Å². The van der Waals surface area contributed by atoms with Crippen molar-refractivity contribution in [2.75, 3.05) is 13.7 Å². The molecule has 2 unspecified atom stereocenters. The first-order valence-electron chi connectivity index (χ1n) is 5.66. The molecule has 2 atom stereocenters. The number of nitrogens with one attached hydrogen (secondary N) is 2. The van der Waals surface area contributed by atoms with E-state index >= 15 is 0 Å². The van der Waals surface area contributed by atoms with Crippen molar-refractivity contribution in [2.45, 2.75) is 45.2 Å². The number of carboxylic acid groups (broad SMARTS) is 1. The van der Waals surface area contributed by atoms with E-state index in [1.165, 1.54) is 14.0 Å². The van der Waals surface area contributed by atoms with Gasteiger partial charge in [0.05, 0.1) is 12.6 Å². The summed E-state index contributed by atoms with van der Waals surface area (Å²) >= 11 is 0. The number of hydrogen-bond donors (Lipinski definition) is 3. The molecule has 0 saturated carbocycles. The maximum atomic E-state index is 11.6. The van der Waals surface area contributed by atoms with Crippen LogP contribution in [0.15, 0.2) is 0 Å². The first-order valence-corrected chi connectivity index (χ1v) is 5.66. The van der Waals surface area contributed by atoms with Crippen molar-refractivity contribution >= 4 is 12.0 Å². The summed E-state index contributed by atoms with van der Waals surface area (Å²) < 4.78 is 4.87. The van der Waals surface area contributed by atoms with Crippen LogP contribution >= 0.6 is 0 Å². The molecule has 0 saturated heterocycles. The Morgan fingerprint density at radius 1 is 1.47 bits per heavy atom. The molecule has 0 aliphatic heterocycles. The number of rotatable bonds is 7. The van der Waals surface area contributed by atoms with Crippen LogP contribution in [0.25, 0.3) is 0 Å². The van der Waals surface area contributed by atoms with Crippen molar-refractivity contribution in [1.29, 1.82) is 0 Å². The molecule has 6 nitrogen and oxygen atoms in total. The highest BCUT2D eigenvalue weighted by molar-refractivity contribution is 5.85. The highest BCUT2D eigenvalue weighted by Crippen LogP contribution is 2.12. The summed E-state index contributed by atoms with van der Waals surface area (Å²) in [6, 6.07) is -0.660. The predicted octanol–water partition coefficient (Wildman–Crippen LogP) is 0.964. The molecule has 0 bridgehead atoms. The van der Waals surface area contributed by atoms with Crippen LogP contribution < -0.4 is 10.6 Å². The lowest BCUT2D eigenvalue weighted by molar-refractivity contribution is -0.144. The summed E-state index contributed by atoms with van der Waals surface area (Å²) in [4.78, 5) is 22.7. The summed E-state index contributed by atoms with van der Waals surface area (Å²) in [5, 5.41) is 14.2. The van der Waals surface area contributed by atoms with Crippen LogP contribution in [-0.4, -0.2) is 42.4 Å². The molecule has 0 fully saturated rings. The van der Waals surface area contributed by atoms with Crippen LogP contribution in [0, 0.1) is 0 Å². The third-order valence-electron chi connectivity index (χ3n) is 2.41. The summed E-state index contributed by atoms with van der Waals surface area (Å²) in [5.74, 6) is -1.03. The summed E-state index contributed by atoms with van der Waals surface area (Å²) in [6.45, 7) is 5.53. The van der Waals surface area contributed by atoms with Crippen molar-refractivity contribution in [3.63, 3.8) is 0 Å². The van der Waals surface area contributed by atoms with Crippen LogP contribution in [0.1, 0.15) is 33.6 Å². The number of ether oxygens (including phenoxy) is 1. The van der Waals surface area contributed by atoms with Gasteiger partial charge in [-0.3, -0.25) is 0 Å². The fourth-order valence-corrected chi connectivity index (χ4v) is 1.53. The lowest BCUT2D eigenvalue weighted by Crippen LogP contribution is -2.56. The second-order valence-corrected chi connectivity index (χ2v) is 4.34. The van der Waals surface area contributed by atoms with E-state index in [9.17, 15) is 9.59 Å². The van der Waals surface area contributed by atoms with Gasteiger partial charge >= 0.3 is 12.0 Å². The molecule has 0 rings (SSSR count). The number of urea groups is 1. The van der Waals surface area contributed by atoms with Gasteiger partial charge in [0, 0.05) is 7.11 Å². The third-order valence-corrected chi connectivity index (χ3v) is 2.41. The van der Waals surface area contributed by atoms with Crippen molar-refractivity contribution in [2.24, 2.45) is 0 Å². The highest BCUT2D eigenvalue weighted by atomic mass is 16.5. The molecule has 17 heavy (non-hydrogen) atoms. The van der Waals surface area contributed by atoms with Gasteiger partial charge in [0.1, 0.15) is 5.54 Å². The first-order chi connectivity index (χ1) is 7.85. The van der Waals surface area contributed by atoms with Gasteiger partial charge in [-0.05, 0) is 20.3 Å². The first kappa shape index (κ1) is 15.7. The molecule has 6 heteroatoms. The molecular weight excluding hydrogens is 224 g/mol. The van der Waals surface area contributed by atoms with Crippen LogP contribution in [0.2, 0.25) is 0 Å². The monoisotopic (exact) mass is 246 g/mol. The summed E-state index contributed by atoms with van der Waals surface area (Å²) in [6.07, 6.45) is 1.06. The van der Waals surface area contributed by atoms with E-state index in [2.05, 4.69) is 10.6 Å². The Morgan fingerprint density at radius 2 is 2.06 bits per heavy atom. The van der Waals surface area contributed by atoms with Gasteiger partial charge in [-0.2, -0.15) is 0 Å². The predicted molar refractivity (Wildman–Crippen MR) is 64.0 cm³/mol. The van der Waals surface area contributed by atoms with E-state index in [1.54, 1.807) is 6.92 Å². The Balaban J connectivity index is 4.36. The van der Waals surface area contributed by atoms with Gasteiger partial charge in [-0.15, -0.1) is 0 Å². The number of carboxylic acids is 1. The van der Waals surface area contributed by atoms with Crippen molar-refractivity contribution in [3.05, 3.63) is 0 Å². The minimum absolute atomic E-state index is 0.167. The fourth-order valence-electron chi connectivity index (χ4n) is 1.53. The van der Waals surface area contributed by atoms with Gasteiger partial charge in [-0.1, -0.05) is 13.3 Å². The van der Waals surface area contributed by atoms with Crippen LogP contribution in [-0.2, 0) is 9.53 Å². The number of methoxy groups -OCH3 is 1. The second-order valence-electron chi connectivity index (χ2n) is 4.34. The molecule has 0 aromatic rings. The topological polar surface area (TPSA) is 87.7 Å². The minimum atomic E-state index is -1.23. The third kappa shape index (κ3) is 5.53. The van der Waals surface area contributed by atoms with Crippen molar-refractivity contribution < 1.29 is 19.4 Å². The van der Waals surface area contributed by atoms with E-state index in [4.69, 9.17) is 9.84 Å². The standard InChI is InChI=1S/C11H22N2O4/c1-5-6-11(3,9(14)15)13-10(16)12-8(2)7-17-4/h8H,5-7H2,1-4H3,(H,14,15)(H2,12,13,16). The largest absolute Gasteiger partial charge is 0.480 e. The molecular formula is C11H22N2O4. The number of aliphatic carboxylic acids is 1. The maximum absolute atomic E-state index is 11.6. The van der Waals surface area contributed by atoms with Crippen molar-refractivity contribution in [1.82, 2.24) is 10.6 Å². The average molecular weight is 246 g/mol. The Bertz CT molecular complexity index is 270. The Kier molecular flexibility index (Phi) is 6.57. The molecule has 0 heterocycles.